The molecule has 1 saturated heterocycles. The van der Waals surface area contributed by atoms with Crippen LogP contribution in [-0.4, -0.2) is 57.2 Å². The Labute approximate surface area is 221 Å². The first kappa shape index (κ1) is 24.9. The Kier molecular flexibility index (Phi) is 6.22. The number of aromatic nitrogens is 4. The highest BCUT2D eigenvalue weighted by Gasteiger charge is 2.32. The lowest BCUT2D eigenvalue weighted by atomic mass is 10.0. The normalized spacial score (nSPS) is 15.2. The summed E-state index contributed by atoms with van der Waals surface area (Å²) in [5.74, 6) is 0.0174. The molecule has 1 fully saturated rings. The molecule has 3 heterocycles. The molecule has 11 heteroatoms. The summed E-state index contributed by atoms with van der Waals surface area (Å²) < 4.78 is 41.0. The number of alkyl halides is 3. The van der Waals surface area contributed by atoms with Crippen molar-refractivity contribution >= 4 is 39.2 Å². The number of carbonyl (C=O) groups excluding carboxylic acids is 1. The molecule has 0 aliphatic carbocycles. The van der Waals surface area contributed by atoms with Crippen LogP contribution < -0.4 is 10.6 Å². The van der Waals surface area contributed by atoms with Gasteiger partial charge in [-0.1, -0.05) is 12.1 Å². The molecule has 2 aromatic heterocycles. The van der Waals surface area contributed by atoms with Crippen LogP contribution >= 0.6 is 0 Å². The van der Waals surface area contributed by atoms with E-state index in [-0.39, 0.29) is 17.3 Å². The first-order chi connectivity index (χ1) is 18.7. The van der Waals surface area contributed by atoms with Crippen molar-refractivity contribution in [3.63, 3.8) is 0 Å². The average Bonchev–Trinajstić information content (AvgIpc) is 3.55. The van der Waals surface area contributed by atoms with Gasteiger partial charge >= 0.3 is 6.18 Å². The predicted octanol–water partition coefficient (Wildman–Crippen LogP) is 5.88. The molecule has 5 aromatic rings. The molecule has 0 saturated carbocycles. The second-order valence-corrected chi connectivity index (χ2v) is 9.96. The molecule has 0 unspecified atom stereocenters. The average molecular weight is 534 g/mol. The number of benzene rings is 3. The summed E-state index contributed by atoms with van der Waals surface area (Å²) >= 11 is 0. The number of halogens is 3. The molecule has 3 aromatic carbocycles. The van der Waals surface area contributed by atoms with Crippen molar-refractivity contribution in [3.8, 4) is 11.4 Å². The van der Waals surface area contributed by atoms with Crippen LogP contribution in [0.25, 0.3) is 33.3 Å². The molecule has 0 radical (unpaired) electrons. The second-order valence-electron chi connectivity index (χ2n) is 9.96. The van der Waals surface area contributed by atoms with Gasteiger partial charge in [0.15, 0.2) is 0 Å². The molecular weight excluding hydrogens is 507 g/mol. The summed E-state index contributed by atoms with van der Waals surface area (Å²) in [4.78, 5) is 23.1. The minimum atomic E-state index is -4.58. The number of nitrogens with zero attached hydrogens (tertiary/aromatic N) is 3. The Morgan fingerprint density at radius 3 is 2.62 bits per heavy atom. The highest BCUT2D eigenvalue weighted by molar-refractivity contribution is 6.05. The fraction of sp³-hybridized carbons (Fsp3) is 0.250. The Hall–Kier alpha value is -4.38. The quantitative estimate of drug-likeness (QED) is 0.226. The van der Waals surface area contributed by atoms with Gasteiger partial charge in [-0.3, -0.25) is 9.89 Å². The number of fused-ring (bicyclic) bond motifs is 2. The van der Waals surface area contributed by atoms with Crippen molar-refractivity contribution in [2.75, 3.05) is 30.8 Å². The van der Waals surface area contributed by atoms with Gasteiger partial charge in [-0.2, -0.15) is 18.3 Å². The minimum Gasteiger partial charge on any atom is -0.382 e. The van der Waals surface area contributed by atoms with E-state index in [1.807, 2.05) is 25.2 Å². The number of piperidine rings is 1. The summed E-state index contributed by atoms with van der Waals surface area (Å²) in [5, 5.41) is 13.9. The lowest BCUT2D eigenvalue weighted by molar-refractivity contribution is -0.137. The Morgan fingerprint density at radius 2 is 1.82 bits per heavy atom. The van der Waals surface area contributed by atoms with E-state index in [9.17, 15) is 18.0 Å². The topological polar surface area (TPSA) is 102 Å². The fourth-order valence-electron chi connectivity index (χ4n) is 4.91. The number of rotatable bonds is 5. The van der Waals surface area contributed by atoms with Crippen molar-refractivity contribution in [1.29, 1.82) is 0 Å². The summed E-state index contributed by atoms with van der Waals surface area (Å²) in [7, 11) is 2.02. The molecular formula is C28H26F3N7O. The highest BCUT2D eigenvalue weighted by Crippen LogP contribution is 2.33. The van der Waals surface area contributed by atoms with Crippen LogP contribution in [0.15, 0.2) is 60.8 Å². The van der Waals surface area contributed by atoms with Crippen molar-refractivity contribution in [1.82, 2.24) is 25.1 Å². The van der Waals surface area contributed by atoms with Gasteiger partial charge in [0.25, 0.3) is 5.91 Å². The maximum absolute atomic E-state index is 13.7. The number of hydrogen-bond donors (Lipinski definition) is 4. The molecule has 4 N–H and O–H groups in total. The van der Waals surface area contributed by atoms with E-state index in [1.165, 1.54) is 6.07 Å². The standard InChI is InChI=1S/C28H26F3N7O/c1-38-8-6-20(7-9-38)33-22-11-18(10-19(13-22)28(29,30)31)27(39)34-21-4-5-23-25(14-21)36-26(35-23)16-2-3-17-15-32-37-24(17)12-16/h2-5,10-15,20,33H,6-9H2,1H3,(H,32,37)(H,34,39)(H,35,36). The number of aromatic amines is 2. The number of likely N-dealkylation sites (tertiary alicyclic amines) is 1. The smallest absolute Gasteiger partial charge is 0.382 e. The van der Waals surface area contributed by atoms with Gasteiger partial charge in [0.1, 0.15) is 5.82 Å². The molecule has 0 spiro atoms. The van der Waals surface area contributed by atoms with E-state index >= 15 is 0 Å². The molecule has 39 heavy (non-hydrogen) atoms. The number of hydrogen-bond acceptors (Lipinski definition) is 5. The highest BCUT2D eigenvalue weighted by atomic mass is 19.4. The first-order valence-electron chi connectivity index (χ1n) is 12.6. The zero-order valence-electron chi connectivity index (χ0n) is 21.1. The Balaban J connectivity index is 1.24. The van der Waals surface area contributed by atoms with Crippen LogP contribution in [0.2, 0.25) is 0 Å². The monoisotopic (exact) mass is 533 g/mol. The molecule has 200 valence electrons. The molecule has 8 nitrogen and oxygen atoms in total. The van der Waals surface area contributed by atoms with Crippen LogP contribution in [0.5, 0.6) is 0 Å². The van der Waals surface area contributed by atoms with Gasteiger partial charge < -0.3 is 20.5 Å². The molecule has 0 bridgehead atoms. The van der Waals surface area contributed by atoms with Crippen LogP contribution in [0, 0.1) is 0 Å². The SMILES string of the molecule is CN1CCC(Nc2cc(C(=O)Nc3ccc4nc(-c5ccc6cn[nH]c6c5)[nH]c4c3)cc(C(F)(F)F)c2)CC1. The van der Waals surface area contributed by atoms with Crippen molar-refractivity contribution in [3.05, 3.63) is 71.9 Å². The zero-order chi connectivity index (χ0) is 27.1. The predicted molar refractivity (Wildman–Crippen MR) is 145 cm³/mol. The Bertz CT molecular complexity index is 1670. The Morgan fingerprint density at radius 1 is 1.00 bits per heavy atom. The summed E-state index contributed by atoms with van der Waals surface area (Å²) in [6.45, 7) is 1.72. The van der Waals surface area contributed by atoms with Crippen molar-refractivity contribution in [2.45, 2.75) is 25.1 Å². The van der Waals surface area contributed by atoms with E-state index in [0.717, 1.165) is 54.5 Å². The third-order valence-electron chi connectivity index (χ3n) is 7.07. The van der Waals surface area contributed by atoms with Crippen molar-refractivity contribution < 1.29 is 18.0 Å². The molecule has 6 rings (SSSR count). The van der Waals surface area contributed by atoms with E-state index in [0.29, 0.717) is 22.5 Å². The zero-order valence-corrected chi connectivity index (χ0v) is 21.1. The number of amides is 1. The van der Waals surface area contributed by atoms with E-state index in [2.05, 4.69) is 35.7 Å². The summed E-state index contributed by atoms with van der Waals surface area (Å²) in [6.07, 6.45) is -1.21. The summed E-state index contributed by atoms with van der Waals surface area (Å²) in [5.41, 5.74) is 2.90. The van der Waals surface area contributed by atoms with Crippen molar-refractivity contribution in [2.24, 2.45) is 0 Å². The fourth-order valence-corrected chi connectivity index (χ4v) is 4.91. The first-order valence-corrected chi connectivity index (χ1v) is 12.6. The van der Waals surface area contributed by atoms with Gasteiger partial charge in [0.2, 0.25) is 0 Å². The van der Waals surface area contributed by atoms with E-state index < -0.39 is 17.6 Å². The number of H-pyrrole nitrogens is 2. The van der Waals surface area contributed by atoms with E-state index in [1.54, 1.807) is 24.4 Å². The number of nitrogens with one attached hydrogen (secondary N) is 4. The lowest BCUT2D eigenvalue weighted by Gasteiger charge is -2.30. The second kappa shape index (κ2) is 9.73. The van der Waals surface area contributed by atoms with Crippen LogP contribution in [0.1, 0.15) is 28.8 Å². The number of anilines is 2. The third kappa shape index (κ3) is 5.30. The van der Waals surface area contributed by atoms with Gasteiger partial charge in [0, 0.05) is 33.9 Å². The minimum absolute atomic E-state index is 0.0477. The molecule has 1 aliphatic heterocycles. The third-order valence-corrected chi connectivity index (χ3v) is 7.07. The van der Waals surface area contributed by atoms with Gasteiger partial charge in [0.05, 0.1) is 28.3 Å². The largest absolute Gasteiger partial charge is 0.416 e. The maximum Gasteiger partial charge on any atom is 0.416 e. The van der Waals surface area contributed by atoms with Gasteiger partial charge in [-0.15, -0.1) is 0 Å². The molecule has 1 aliphatic rings. The van der Waals surface area contributed by atoms with Gasteiger partial charge in [-0.05, 0) is 75.4 Å². The number of carbonyl (C=O) groups is 1. The maximum atomic E-state index is 13.7. The lowest BCUT2D eigenvalue weighted by Crippen LogP contribution is -2.36. The summed E-state index contributed by atoms with van der Waals surface area (Å²) in [6, 6.07) is 14.4. The molecule has 1 amide bonds. The van der Waals surface area contributed by atoms with Gasteiger partial charge in [-0.25, -0.2) is 4.98 Å². The van der Waals surface area contributed by atoms with Crippen LogP contribution in [0.4, 0.5) is 24.5 Å². The number of imidazole rings is 1. The van der Waals surface area contributed by atoms with Crippen LogP contribution in [-0.2, 0) is 6.18 Å². The van der Waals surface area contributed by atoms with Crippen LogP contribution in [0.3, 0.4) is 0 Å². The molecule has 0 atom stereocenters. The van der Waals surface area contributed by atoms with E-state index in [4.69, 9.17) is 0 Å².